The monoisotopic (exact) mass is 309 g/mol. The Bertz CT molecular complexity index is 478. The number of benzene rings is 1. The van der Waals surface area contributed by atoms with Gasteiger partial charge in [0.25, 0.3) is 0 Å². The number of aromatic hydroxyl groups is 1. The number of rotatable bonds is 2. The van der Waals surface area contributed by atoms with E-state index in [-0.39, 0.29) is 34.2 Å². The standard InChI is InChI=1S/C11H9Cl2NOS.ClH/c12-8-3-7(4-9(13)11(8)15)10(14)6-1-2-16-5-6;/h1-5,10,15H,14H2;1H/t10-;/m1./s1. The van der Waals surface area contributed by atoms with Crippen LogP contribution in [0.25, 0.3) is 0 Å². The normalized spacial score (nSPS) is 11.9. The summed E-state index contributed by atoms with van der Waals surface area (Å²) in [7, 11) is 0. The second-order valence-corrected chi connectivity index (χ2v) is 4.96. The van der Waals surface area contributed by atoms with Crippen LogP contribution >= 0.6 is 46.9 Å². The topological polar surface area (TPSA) is 46.2 Å². The SMILES string of the molecule is Cl.N[C@H](c1ccsc1)c1cc(Cl)c(O)c(Cl)c1. The molecule has 0 bridgehead atoms. The molecular weight excluding hydrogens is 301 g/mol. The summed E-state index contributed by atoms with van der Waals surface area (Å²) in [6.07, 6.45) is 0. The summed E-state index contributed by atoms with van der Waals surface area (Å²) < 4.78 is 0. The van der Waals surface area contributed by atoms with E-state index in [4.69, 9.17) is 28.9 Å². The predicted molar refractivity (Wildman–Crippen MR) is 75.7 cm³/mol. The highest BCUT2D eigenvalue weighted by Gasteiger charge is 2.13. The molecule has 1 aromatic heterocycles. The Labute approximate surface area is 119 Å². The zero-order valence-corrected chi connectivity index (χ0v) is 11.7. The smallest absolute Gasteiger partial charge is 0.152 e. The second kappa shape index (κ2) is 5.94. The first kappa shape index (κ1) is 14.6. The first-order valence-corrected chi connectivity index (χ1v) is 6.25. The molecule has 6 heteroatoms. The van der Waals surface area contributed by atoms with E-state index in [1.807, 2.05) is 16.8 Å². The fourth-order valence-electron chi connectivity index (χ4n) is 1.41. The van der Waals surface area contributed by atoms with Crippen LogP contribution < -0.4 is 5.73 Å². The molecule has 1 aromatic carbocycles. The Morgan fingerprint density at radius 3 is 2.24 bits per heavy atom. The predicted octanol–water partition coefficient (Wildman–Crippen LogP) is 4.23. The highest BCUT2D eigenvalue weighted by Crippen LogP contribution is 2.35. The van der Waals surface area contributed by atoms with Gasteiger partial charge in [-0.25, -0.2) is 0 Å². The molecule has 0 amide bonds. The minimum atomic E-state index is -0.276. The molecule has 2 aromatic rings. The van der Waals surface area contributed by atoms with Gasteiger partial charge in [0, 0.05) is 0 Å². The number of thiophene rings is 1. The third-order valence-corrected chi connectivity index (χ3v) is 3.58. The molecule has 2 nitrogen and oxygen atoms in total. The van der Waals surface area contributed by atoms with Crippen LogP contribution in [0.15, 0.2) is 29.0 Å². The van der Waals surface area contributed by atoms with Crippen molar-refractivity contribution in [2.75, 3.05) is 0 Å². The lowest BCUT2D eigenvalue weighted by molar-refractivity contribution is 0.475. The van der Waals surface area contributed by atoms with Crippen molar-refractivity contribution in [3.05, 3.63) is 50.1 Å². The first-order chi connectivity index (χ1) is 7.59. The van der Waals surface area contributed by atoms with Crippen molar-refractivity contribution in [2.45, 2.75) is 6.04 Å². The summed E-state index contributed by atoms with van der Waals surface area (Å²) in [6, 6.07) is 4.93. The quantitative estimate of drug-likeness (QED) is 0.872. The Morgan fingerprint density at radius 1 is 1.18 bits per heavy atom. The molecule has 1 atom stereocenters. The van der Waals surface area contributed by atoms with Gasteiger partial charge in [-0.2, -0.15) is 11.3 Å². The third-order valence-electron chi connectivity index (χ3n) is 2.30. The van der Waals surface area contributed by atoms with E-state index in [0.717, 1.165) is 11.1 Å². The average Bonchev–Trinajstić information content (AvgIpc) is 2.77. The Balaban J connectivity index is 0.00000144. The highest BCUT2D eigenvalue weighted by atomic mass is 35.5. The van der Waals surface area contributed by atoms with Gasteiger partial charge in [0.05, 0.1) is 16.1 Å². The van der Waals surface area contributed by atoms with Crippen LogP contribution in [0.2, 0.25) is 10.0 Å². The molecule has 0 fully saturated rings. The zero-order chi connectivity index (χ0) is 11.7. The van der Waals surface area contributed by atoms with E-state index in [2.05, 4.69) is 0 Å². The highest BCUT2D eigenvalue weighted by molar-refractivity contribution is 7.08. The second-order valence-electron chi connectivity index (χ2n) is 3.37. The van der Waals surface area contributed by atoms with Gasteiger partial charge in [-0.05, 0) is 40.1 Å². The van der Waals surface area contributed by atoms with Gasteiger partial charge in [0.15, 0.2) is 5.75 Å². The van der Waals surface area contributed by atoms with E-state index in [1.54, 1.807) is 23.5 Å². The Morgan fingerprint density at radius 2 is 1.76 bits per heavy atom. The third kappa shape index (κ3) is 3.06. The van der Waals surface area contributed by atoms with Gasteiger partial charge < -0.3 is 10.8 Å². The van der Waals surface area contributed by atoms with Crippen LogP contribution in [0, 0.1) is 0 Å². The molecule has 0 unspecified atom stereocenters. The number of halogens is 3. The lowest BCUT2D eigenvalue weighted by atomic mass is 10.0. The molecule has 92 valence electrons. The van der Waals surface area contributed by atoms with Crippen LogP contribution in [0.1, 0.15) is 17.2 Å². The molecule has 0 aliphatic heterocycles. The largest absolute Gasteiger partial charge is 0.505 e. The number of phenols is 1. The summed E-state index contributed by atoms with van der Waals surface area (Å²) in [4.78, 5) is 0. The van der Waals surface area contributed by atoms with Crippen LogP contribution in [0.5, 0.6) is 5.75 Å². The van der Waals surface area contributed by atoms with Crippen molar-refractivity contribution in [2.24, 2.45) is 5.73 Å². The molecule has 0 saturated heterocycles. The number of nitrogens with two attached hydrogens (primary N) is 1. The van der Waals surface area contributed by atoms with E-state index in [9.17, 15) is 5.11 Å². The minimum absolute atomic E-state index is 0. The van der Waals surface area contributed by atoms with Gasteiger partial charge in [0.2, 0.25) is 0 Å². The maximum absolute atomic E-state index is 9.44. The van der Waals surface area contributed by atoms with Crippen molar-refractivity contribution in [1.29, 1.82) is 0 Å². The molecular formula is C11H10Cl3NOS. The molecule has 17 heavy (non-hydrogen) atoms. The van der Waals surface area contributed by atoms with E-state index in [1.165, 1.54) is 0 Å². The van der Waals surface area contributed by atoms with Gasteiger partial charge in [-0.3, -0.25) is 0 Å². The van der Waals surface area contributed by atoms with Gasteiger partial charge in [-0.1, -0.05) is 23.2 Å². The molecule has 0 saturated carbocycles. The fraction of sp³-hybridized carbons (Fsp3) is 0.0909. The average molecular weight is 311 g/mol. The van der Waals surface area contributed by atoms with Crippen molar-refractivity contribution in [1.82, 2.24) is 0 Å². The fourth-order valence-corrected chi connectivity index (χ4v) is 2.61. The minimum Gasteiger partial charge on any atom is -0.505 e. The molecule has 1 heterocycles. The van der Waals surface area contributed by atoms with Crippen LogP contribution in [0.4, 0.5) is 0 Å². The van der Waals surface area contributed by atoms with Gasteiger partial charge in [-0.15, -0.1) is 12.4 Å². The van der Waals surface area contributed by atoms with Crippen molar-refractivity contribution in [3.63, 3.8) is 0 Å². The van der Waals surface area contributed by atoms with Gasteiger partial charge in [0.1, 0.15) is 0 Å². The molecule has 0 spiro atoms. The summed E-state index contributed by atoms with van der Waals surface area (Å²) in [5, 5.41) is 13.8. The summed E-state index contributed by atoms with van der Waals surface area (Å²) in [6.45, 7) is 0. The summed E-state index contributed by atoms with van der Waals surface area (Å²) in [5.74, 6) is -0.107. The molecule has 0 radical (unpaired) electrons. The maximum atomic E-state index is 9.44. The van der Waals surface area contributed by atoms with Crippen molar-refractivity contribution in [3.8, 4) is 5.75 Å². The lowest BCUT2D eigenvalue weighted by Crippen LogP contribution is -2.10. The van der Waals surface area contributed by atoms with Crippen molar-refractivity contribution < 1.29 is 5.11 Å². The first-order valence-electron chi connectivity index (χ1n) is 4.55. The van der Waals surface area contributed by atoms with E-state index >= 15 is 0 Å². The number of hydrogen-bond acceptors (Lipinski definition) is 3. The number of phenolic OH excluding ortho intramolecular Hbond substituents is 1. The summed E-state index contributed by atoms with van der Waals surface area (Å²) in [5.41, 5.74) is 7.84. The van der Waals surface area contributed by atoms with Gasteiger partial charge >= 0.3 is 0 Å². The number of hydrogen-bond donors (Lipinski definition) is 2. The van der Waals surface area contributed by atoms with E-state index in [0.29, 0.717) is 0 Å². The Hall–Kier alpha value is -0.450. The zero-order valence-electron chi connectivity index (χ0n) is 8.56. The summed E-state index contributed by atoms with van der Waals surface area (Å²) >= 11 is 13.3. The van der Waals surface area contributed by atoms with Crippen LogP contribution in [-0.4, -0.2) is 5.11 Å². The molecule has 2 rings (SSSR count). The maximum Gasteiger partial charge on any atom is 0.152 e. The Kier molecular flexibility index (Phi) is 5.10. The molecule has 0 aliphatic carbocycles. The van der Waals surface area contributed by atoms with Crippen LogP contribution in [0.3, 0.4) is 0 Å². The van der Waals surface area contributed by atoms with Crippen molar-refractivity contribution >= 4 is 46.9 Å². The molecule has 3 N–H and O–H groups in total. The van der Waals surface area contributed by atoms with Crippen LogP contribution in [-0.2, 0) is 0 Å². The lowest BCUT2D eigenvalue weighted by Gasteiger charge is -2.12. The molecule has 0 aliphatic rings. The van der Waals surface area contributed by atoms with E-state index < -0.39 is 0 Å².